The van der Waals surface area contributed by atoms with Crippen LogP contribution in [0.3, 0.4) is 0 Å². The van der Waals surface area contributed by atoms with Gasteiger partial charge in [-0.1, -0.05) is 6.08 Å². The molecule has 20 heavy (non-hydrogen) atoms. The first-order chi connectivity index (χ1) is 9.24. The van der Waals surface area contributed by atoms with Gasteiger partial charge >= 0.3 is 18.0 Å². The van der Waals surface area contributed by atoms with Crippen molar-refractivity contribution >= 4 is 17.5 Å². The molecule has 108 valence electrons. The van der Waals surface area contributed by atoms with E-state index in [1.807, 2.05) is 0 Å². The van der Waals surface area contributed by atoms with Crippen molar-refractivity contribution in [1.82, 2.24) is 10.3 Å². The molecule has 0 aliphatic rings. The number of aromatic nitrogens is 1. The molecule has 1 rings (SSSR count). The van der Waals surface area contributed by atoms with E-state index in [2.05, 4.69) is 22.2 Å². The predicted octanol–water partition coefficient (Wildman–Crippen LogP) is 1.73. The minimum atomic E-state index is -4.56. The Hall–Kier alpha value is -2.38. The normalized spacial score (nSPS) is 12.4. The fourth-order valence-corrected chi connectivity index (χ4v) is 1.15. The largest absolute Gasteiger partial charge is 0.433 e. The first kappa shape index (κ1) is 15.7. The van der Waals surface area contributed by atoms with Gasteiger partial charge in [-0.3, -0.25) is 9.59 Å². The average molecular weight is 287 g/mol. The highest BCUT2D eigenvalue weighted by molar-refractivity contribution is 6.39. The lowest BCUT2D eigenvalue weighted by atomic mass is 10.3. The molecular weight excluding hydrogens is 275 g/mol. The van der Waals surface area contributed by atoms with E-state index in [0.717, 1.165) is 12.3 Å². The van der Waals surface area contributed by atoms with Crippen LogP contribution in [-0.2, 0) is 15.8 Å². The zero-order valence-electron chi connectivity index (χ0n) is 10.5. The molecule has 1 heterocycles. The van der Waals surface area contributed by atoms with Gasteiger partial charge in [-0.05, 0) is 19.1 Å². The smallest absolute Gasteiger partial charge is 0.342 e. The summed E-state index contributed by atoms with van der Waals surface area (Å²) < 4.78 is 36.8. The number of nitrogens with zero attached hydrogens (tertiary/aromatic N) is 1. The van der Waals surface area contributed by atoms with Crippen LogP contribution in [-0.4, -0.2) is 22.8 Å². The van der Waals surface area contributed by atoms with E-state index < -0.39 is 29.7 Å². The van der Waals surface area contributed by atoms with Crippen molar-refractivity contribution in [1.29, 1.82) is 0 Å². The molecule has 0 saturated carbocycles. The number of hydrogen-bond donors (Lipinski definition) is 2. The first-order valence-electron chi connectivity index (χ1n) is 5.51. The Kier molecular flexibility index (Phi) is 4.84. The summed E-state index contributed by atoms with van der Waals surface area (Å²) in [7, 11) is 0. The van der Waals surface area contributed by atoms with E-state index >= 15 is 0 Å². The molecule has 0 spiro atoms. The Labute approximate surface area is 112 Å². The predicted molar refractivity (Wildman–Crippen MR) is 65.7 cm³/mol. The number of rotatable bonds is 3. The molecule has 0 unspecified atom stereocenters. The van der Waals surface area contributed by atoms with Crippen molar-refractivity contribution in [2.24, 2.45) is 0 Å². The zero-order valence-corrected chi connectivity index (χ0v) is 10.5. The molecule has 0 bridgehead atoms. The second-order valence-electron chi connectivity index (χ2n) is 3.88. The molecule has 8 heteroatoms. The van der Waals surface area contributed by atoms with Crippen molar-refractivity contribution in [2.45, 2.75) is 19.1 Å². The molecule has 0 radical (unpaired) electrons. The van der Waals surface area contributed by atoms with Gasteiger partial charge < -0.3 is 10.6 Å². The Morgan fingerprint density at radius 3 is 2.45 bits per heavy atom. The average Bonchev–Trinajstić information content (AvgIpc) is 2.38. The van der Waals surface area contributed by atoms with Crippen molar-refractivity contribution < 1.29 is 22.8 Å². The summed E-state index contributed by atoms with van der Waals surface area (Å²) >= 11 is 0. The summed E-state index contributed by atoms with van der Waals surface area (Å²) in [6.45, 7) is 5.04. The topological polar surface area (TPSA) is 71.1 Å². The number of alkyl halides is 3. The van der Waals surface area contributed by atoms with Crippen LogP contribution >= 0.6 is 0 Å². The van der Waals surface area contributed by atoms with Gasteiger partial charge in [0.15, 0.2) is 0 Å². The van der Waals surface area contributed by atoms with Gasteiger partial charge in [0.25, 0.3) is 0 Å². The van der Waals surface area contributed by atoms with Crippen molar-refractivity contribution in [3.63, 3.8) is 0 Å². The van der Waals surface area contributed by atoms with Crippen LogP contribution in [0.5, 0.6) is 0 Å². The van der Waals surface area contributed by atoms with Gasteiger partial charge in [-0.15, -0.1) is 6.58 Å². The summed E-state index contributed by atoms with van der Waals surface area (Å²) in [6, 6.07) is 1.32. The van der Waals surface area contributed by atoms with Crippen LogP contribution in [0.2, 0.25) is 0 Å². The van der Waals surface area contributed by atoms with Crippen LogP contribution < -0.4 is 10.6 Å². The van der Waals surface area contributed by atoms with E-state index in [0.29, 0.717) is 6.07 Å². The maximum absolute atomic E-state index is 12.3. The van der Waals surface area contributed by atoms with Crippen molar-refractivity contribution in [3.05, 3.63) is 36.7 Å². The maximum Gasteiger partial charge on any atom is 0.433 e. The van der Waals surface area contributed by atoms with Gasteiger partial charge in [0.2, 0.25) is 0 Å². The number of amides is 2. The Morgan fingerprint density at radius 1 is 1.35 bits per heavy atom. The van der Waals surface area contributed by atoms with Gasteiger partial charge in [0, 0.05) is 6.04 Å². The monoisotopic (exact) mass is 287 g/mol. The number of carbonyl (C=O) groups is 2. The zero-order chi connectivity index (χ0) is 15.3. The summed E-state index contributed by atoms with van der Waals surface area (Å²) in [4.78, 5) is 26.0. The highest BCUT2D eigenvalue weighted by Crippen LogP contribution is 2.27. The van der Waals surface area contributed by atoms with E-state index in [9.17, 15) is 22.8 Å². The third-order valence-electron chi connectivity index (χ3n) is 2.23. The van der Waals surface area contributed by atoms with Crippen LogP contribution in [0.15, 0.2) is 31.0 Å². The Balaban J connectivity index is 2.67. The lowest BCUT2D eigenvalue weighted by Crippen LogP contribution is -2.39. The Morgan fingerprint density at radius 2 is 2.00 bits per heavy atom. The maximum atomic E-state index is 12.3. The molecule has 1 aromatic rings. The van der Waals surface area contributed by atoms with Gasteiger partial charge in [0.1, 0.15) is 5.69 Å². The molecule has 0 fully saturated rings. The molecule has 2 amide bonds. The highest BCUT2D eigenvalue weighted by atomic mass is 19.4. The number of anilines is 1. The minimum absolute atomic E-state index is 0.00981. The van der Waals surface area contributed by atoms with E-state index in [1.54, 1.807) is 6.92 Å². The summed E-state index contributed by atoms with van der Waals surface area (Å²) in [5.74, 6) is -1.92. The van der Waals surface area contributed by atoms with Crippen LogP contribution in [0.25, 0.3) is 0 Å². The lowest BCUT2D eigenvalue weighted by Gasteiger charge is -2.10. The van der Waals surface area contributed by atoms with Crippen molar-refractivity contribution in [3.8, 4) is 0 Å². The molecule has 1 atom stereocenters. The van der Waals surface area contributed by atoms with Crippen LogP contribution in [0.4, 0.5) is 18.9 Å². The third kappa shape index (κ3) is 4.38. The number of hydrogen-bond acceptors (Lipinski definition) is 3. The fourth-order valence-electron chi connectivity index (χ4n) is 1.15. The Bertz CT molecular complexity index is 512. The van der Waals surface area contributed by atoms with E-state index in [4.69, 9.17) is 0 Å². The molecule has 1 aromatic heterocycles. The van der Waals surface area contributed by atoms with Crippen LogP contribution in [0, 0.1) is 0 Å². The first-order valence-corrected chi connectivity index (χ1v) is 5.51. The number of carbonyl (C=O) groups excluding carboxylic acids is 2. The summed E-state index contributed by atoms with van der Waals surface area (Å²) in [5.41, 5.74) is -1.09. The third-order valence-corrected chi connectivity index (χ3v) is 2.23. The molecule has 2 N–H and O–H groups in total. The number of pyridine rings is 1. The van der Waals surface area contributed by atoms with E-state index in [-0.39, 0.29) is 5.69 Å². The van der Waals surface area contributed by atoms with Crippen molar-refractivity contribution in [2.75, 3.05) is 5.32 Å². The van der Waals surface area contributed by atoms with Crippen LogP contribution in [0.1, 0.15) is 12.6 Å². The highest BCUT2D eigenvalue weighted by Gasteiger charge is 2.32. The van der Waals surface area contributed by atoms with Gasteiger partial charge in [-0.25, -0.2) is 4.98 Å². The van der Waals surface area contributed by atoms with E-state index in [1.165, 1.54) is 6.08 Å². The molecule has 0 aromatic carbocycles. The SMILES string of the molecule is C=C[C@H](C)NC(=O)C(=O)Nc1ccc(C(F)(F)F)nc1. The molecule has 0 saturated heterocycles. The minimum Gasteiger partial charge on any atom is -0.342 e. The number of nitrogens with one attached hydrogen (secondary N) is 2. The molecule has 0 aliphatic carbocycles. The molecule has 5 nitrogen and oxygen atoms in total. The standard InChI is InChI=1S/C12H12F3N3O2/c1-3-7(2)17-10(19)11(20)18-8-4-5-9(16-6-8)12(13,14)15/h3-7H,1H2,2H3,(H,17,19)(H,18,20)/t7-/m0/s1. The summed E-state index contributed by atoms with van der Waals surface area (Å²) in [6.07, 6.45) is -2.31. The van der Waals surface area contributed by atoms with Gasteiger partial charge in [0.05, 0.1) is 11.9 Å². The lowest BCUT2D eigenvalue weighted by molar-refractivity contribution is -0.141. The molecular formula is C12H12F3N3O2. The second kappa shape index (κ2) is 6.18. The molecule has 0 aliphatic heterocycles. The quantitative estimate of drug-likeness (QED) is 0.657. The number of halogens is 3. The fraction of sp³-hybridized carbons (Fsp3) is 0.250. The van der Waals surface area contributed by atoms with Gasteiger partial charge in [-0.2, -0.15) is 13.2 Å². The summed E-state index contributed by atoms with van der Waals surface area (Å²) in [5, 5.41) is 4.45. The second-order valence-corrected chi connectivity index (χ2v) is 3.88.